The fourth-order valence-electron chi connectivity index (χ4n) is 2.40. The van der Waals surface area contributed by atoms with Gasteiger partial charge in [-0.25, -0.2) is 9.59 Å². The van der Waals surface area contributed by atoms with Crippen LogP contribution in [0.25, 0.3) is 0 Å². The zero-order chi connectivity index (χ0) is 18.6. The molecule has 0 saturated carbocycles. The number of rotatable bonds is 6. The largest absolute Gasteiger partial charge is 0.465 e. The van der Waals surface area contributed by atoms with Crippen LogP contribution in [0, 0.1) is 13.8 Å². The maximum absolute atomic E-state index is 12.2. The maximum Gasteiger partial charge on any atom is 0.355 e. The fraction of sp³-hybridized carbons (Fsp3) is 0.353. The molecule has 0 saturated heterocycles. The van der Waals surface area contributed by atoms with Gasteiger partial charge in [0, 0.05) is 17.6 Å². The minimum Gasteiger partial charge on any atom is -0.465 e. The number of H-pyrrole nitrogens is 1. The molecule has 0 bridgehead atoms. The van der Waals surface area contributed by atoms with Gasteiger partial charge in [0.15, 0.2) is 6.61 Å². The van der Waals surface area contributed by atoms with Crippen molar-refractivity contribution in [3.63, 3.8) is 0 Å². The van der Waals surface area contributed by atoms with Crippen LogP contribution in [0.1, 0.15) is 37.0 Å². The number of thiophene rings is 1. The Balaban J connectivity index is 1.98. The van der Waals surface area contributed by atoms with Gasteiger partial charge in [-0.3, -0.25) is 4.79 Å². The van der Waals surface area contributed by atoms with E-state index in [1.807, 2.05) is 17.5 Å². The molecule has 1 amide bonds. The molecule has 0 spiro atoms. The number of aromatic nitrogens is 1. The lowest BCUT2D eigenvalue weighted by molar-refractivity contribution is -0.133. The van der Waals surface area contributed by atoms with Crippen molar-refractivity contribution in [2.45, 2.75) is 20.4 Å². The van der Waals surface area contributed by atoms with Crippen LogP contribution >= 0.6 is 11.3 Å². The van der Waals surface area contributed by atoms with Crippen LogP contribution in [0.5, 0.6) is 0 Å². The van der Waals surface area contributed by atoms with Gasteiger partial charge < -0.3 is 19.4 Å². The van der Waals surface area contributed by atoms with Gasteiger partial charge in [0.2, 0.25) is 0 Å². The van der Waals surface area contributed by atoms with Crippen molar-refractivity contribution in [2.75, 3.05) is 20.8 Å². The highest BCUT2D eigenvalue weighted by molar-refractivity contribution is 7.09. The molecule has 0 aliphatic heterocycles. The second-order valence-corrected chi connectivity index (χ2v) is 6.55. The van der Waals surface area contributed by atoms with Crippen molar-refractivity contribution in [2.24, 2.45) is 0 Å². The number of aromatic amines is 1. The Kier molecular flexibility index (Phi) is 5.97. The molecule has 8 heteroatoms. The van der Waals surface area contributed by atoms with Crippen LogP contribution in [0.15, 0.2) is 17.5 Å². The van der Waals surface area contributed by atoms with E-state index in [-0.39, 0.29) is 18.2 Å². The predicted molar refractivity (Wildman–Crippen MR) is 92.7 cm³/mol. The molecule has 0 aromatic carbocycles. The van der Waals surface area contributed by atoms with Crippen LogP contribution in [-0.2, 0) is 20.8 Å². The lowest BCUT2D eigenvalue weighted by atomic mass is 10.1. The molecule has 0 unspecified atom stereocenters. The van der Waals surface area contributed by atoms with Crippen molar-refractivity contribution >= 4 is 29.2 Å². The Morgan fingerprint density at radius 1 is 1.24 bits per heavy atom. The summed E-state index contributed by atoms with van der Waals surface area (Å²) in [6.07, 6.45) is 0. The Morgan fingerprint density at radius 3 is 2.56 bits per heavy atom. The van der Waals surface area contributed by atoms with E-state index in [4.69, 9.17) is 9.47 Å². The summed E-state index contributed by atoms with van der Waals surface area (Å²) in [6, 6.07) is 3.84. The number of hydrogen-bond donors (Lipinski definition) is 1. The Morgan fingerprint density at radius 2 is 1.96 bits per heavy atom. The highest BCUT2D eigenvalue weighted by Crippen LogP contribution is 2.19. The highest BCUT2D eigenvalue weighted by atomic mass is 32.1. The quantitative estimate of drug-likeness (QED) is 0.795. The van der Waals surface area contributed by atoms with Crippen LogP contribution in [-0.4, -0.2) is 48.5 Å². The minimum atomic E-state index is -0.686. The summed E-state index contributed by atoms with van der Waals surface area (Å²) in [5.74, 6) is -1.53. The third-order valence-electron chi connectivity index (χ3n) is 3.76. The number of nitrogens with one attached hydrogen (secondary N) is 1. The van der Waals surface area contributed by atoms with E-state index in [0.717, 1.165) is 4.88 Å². The second-order valence-electron chi connectivity index (χ2n) is 5.52. The molecule has 7 nitrogen and oxygen atoms in total. The minimum absolute atomic E-state index is 0.145. The van der Waals surface area contributed by atoms with E-state index in [2.05, 4.69) is 4.98 Å². The van der Waals surface area contributed by atoms with Crippen LogP contribution in [0.2, 0.25) is 0 Å². The number of ether oxygens (including phenoxy) is 2. The van der Waals surface area contributed by atoms with E-state index in [9.17, 15) is 14.4 Å². The summed E-state index contributed by atoms with van der Waals surface area (Å²) >= 11 is 1.55. The molecule has 25 heavy (non-hydrogen) atoms. The van der Waals surface area contributed by atoms with Crippen LogP contribution in [0.4, 0.5) is 0 Å². The van der Waals surface area contributed by atoms with Gasteiger partial charge in [-0.15, -0.1) is 11.3 Å². The first-order chi connectivity index (χ1) is 11.8. The van der Waals surface area contributed by atoms with E-state index in [1.54, 1.807) is 32.2 Å². The van der Waals surface area contributed by atoms with Gasteiger partial charge in [0.1, 0.15) is 5.69 Å². The van der Waals surface area contributed by atoms with Gasteiger partial charge in [-0.1, -0.05) is 6.07 Å². The normalized spacial score (nSPS) is 10.4. The third kappa shape index (κ3) is 4.27. The lowest BCUT2D eigenvalue weighted by Crippen LogP contribution is -2.30. The van der Waals surface area contributed by atoms with Crippen molar-refractivity contribution in [3.05, 3.63) is 44.9 Å². The number of carbonyl (C=O) groups is 3. The standard InChI is InChI=1S/C17H20N2O5S/c1-10-14(16(21)23-4)11(2)18-15(10)17(22)24-9-13(20)19(3)8-12-6-5-7-25-12/h5-7,18H,8-9H2,1-4H3. The van der Waals surface area contributed by atoms with E-state index in [0.29, 0.717) is 23.4 Å². The first kappa shape index (κ1) is 18.7. The van der Waals surface area contributed by atoms with Crippen molar-refractivity contribution in [1.82, 2.24) is 9.88 Å². The number of amides is 1. The molecule has 2 aromatic rings. The van der Waals surface area contributed by atoms with Crippen LogP contribution in [0.3, 0.4) is 0 Å². The number of carbonyl (C=O) groups excluding carboxylic acids is 3. The van der Waals surface area contributed by atoms with E-state index < -0.39 is 11.9 Å². The van der Waals surface area contributed by atoms with Gasteiger partial charge in [-0.05, 0) is 30.9 Å². The summed E-state index contributed by atoms with van der Waals surface area (Å²) in [5.41, 5.74) is 1.40. The molecule has 2 rings (SSSR count). The number of nitrogens with zero attached hydrogens (tertiary/aromatic N) is 1. The van der Waals surface area contributed by atoms with E-state index >= 15 is 0 Å². The van der Waals surface area contributed by atoms with Gasteiger partial charge >= 0.3 is 11.9 Å². The van der Waals surface area contributed by atoms with Crippen molar-refractivity contribution in [1.29, 1.82) is 0 Å². The second kappa shape index (κ2) is 7.98. The fourth-order valence-corrected chi connectivity index (χ4v) is 3.15. The Bertz CT molecular complexity index is 779. The van der Waals surface area contributed by atoms with Crippen LogP contribution < -0.4 is 0 Å². The monoisotopic (exact) mass is 364 g/mol. The molecule has 1 N–H and O–H groups in total. The maximum atomic E-state index is 12.2. The average molecular weight is 364 g/mol. The van der Waals surface area contributed by atoms with E-state index in [1.165, 1.54) is 12.0 Å². The highest BCUT2D eigenvalue weighted by Gasteiger charge is 2.24. The average Bonchev–Trinajstić information content (AvgIpc) is 3.19. The molecule has 0 aliphatic carbocycles. The number of likely N-dealkylation sites (N-methyl/N-ethyl adjacent to an activating group) is 1. The number of esters is 2. The first-order valence-electron chi connectivity index (χ1n) is 7.56. The molecular weight excluding hydrogens is 344 g/mol. The summed E-state index contributed by atoms with van der Waals surface area (Å²) < 4.78 is 9.78. The van der Waals surface area contributed by atoms with Gasteiger partial charge in [0.25, 0.3) is 5.91 Å². The third-order valence-corrected chi connectivity index (χ3v) is 4.62. The summed E-state index contributed by atoms with van der Waals surface area (Å²) in [5, 5.41) is 1.93. The summed E-state index contributed by atoms with van der Waals surface area (Å²) in [4.78, 5) is 41.4. The van der Waals surface area contributed by atoms with Crippen molar-refractivity contribution in [3.8, 4) is 0 Å². The number of methoxy groups -OCH3 is 1. The molecule has 0 atom stereocenters. The predicted octanol–water partition coefficient (Wildman–Crippen LogP) is 2.30. The molecule has 0 radical (unpaired) electrons. The van der Waals surface area contributed by atoms with Gasteiger partial charge in [-0.2, -0.15) is 0 Å². The van der Waals surface area contributed by atoms with Gasteiger partial charge in [0.05, 0.1) is 19.2 Å². The molecule has 0 aliphatic rings. The summed E-state index contributed by atoms with van der Waals surface area (Å²) in [7, 11) is 2.92. The number of aryl methyl sites for hydroxylation is 1. The molecule has 2 aromatic heterocycles. The zero-order valence-electron chi connectivity index (χ0n) is 14.5. The Hall–Kier alpha value is -2.61. The topological polar surface area (TPSA) is 88.7 Å². The molecule has 134 valence electrons. The van der Waals surface area contributed by atoms with Crippen molar-refractivity contribution < 1.29 is 23.9 Å². The summed E-state index contributed by atoms with van der Waals surface area (Å²) in [6.45, 7) is 3.38. The SMILES string of the molecule is COC(=O)c1c(C)[nH]c(C(=O)OCC(=O)N(C)Cc2cccs2)c1C. The molecule has 2 heterocycles. The Labute approximate surface area is 149 Å². The molecular formula is C17H20N2O5S. The first-order valence-corrected chi connectivity index (χ1v) is 8.44. The zero-order valence-corrected chi connectivity index (χ0v) is 15.4. The molecule has 0 fully saturated rings. The lowest BCUT2D eigenvalue weighted by Gasteiger charge is -2.16. The number of hydrogen-bond acceptors (Lipinski definition) is 6. The smallest absolute Gasteiger partial charge is 0.355 e.